The summed E-state index contributed by atoms with van der Waals surface area (Å²) in [6, 6.07) is 11.9. The third kappa shape index (κ3) is 4.45. The van der Waals surface area contributed by atoms with Crippen LogP contribution in [0.3, 0.4) is 0 Å². The van der Waals surface area contributed by atoms with Crippen LogP contribution in [0.5, 0.6) is 11.5 Å². The van der Waals surface area contributed by atoms with Crippen molar-refractivity contribution < 1.29 is 23.4 Å². The molecule has 21 heavy (non-hydrogen) atoms. The van der Waals surface area contributed by atoms with Gasteiger partial charge in [-0.2, -0.15) is 8.78 Å². The highest BCUT2D eigenvalue weighted by Gasteiger charge is 2.07. The fraction of sp³-hybridized carbons (Fsp3) is 0.133. The molecule has 0 spiro atoms. The van der Waals surface area contributed by atoms with E-state index in [2.05, 4.69) is 10.1 Å². The maximum absolute atomic E-state index is 12.0. The van der Waals surface area contributed by atoms with Gasteiger partial charge in [0.05, 0.1) is 0 Å². The molecule has 0 atom stereocenters. The van der Waals surface area contributed by atoms with E-state index in [0.29, 0.717) is 12.1 Å². The lowest BCUT2D eigenvalue weighted by atomic mass is 10.2. The van der Waals surface area contributed by atoms with Crippen LogP contribution in [0.4, 0.5) is 8.78 Å². The van der Waals surface area contributed by atoms with Crippen LogP contribution in [0.15, 0.2) is 48.5 Å². The maximum Gasteiger partial charge on any atom is 0.387 e. The first-order valence-corrected chi connectivity index (χ1v) is 6.15. The van der Waals surface area contributed by atoms with E-state index in [4.69, 9.17) is 5.11 Å². The number of ether oxygens (including phenoxy) is 1. The lowest BCUT2D eigenvalue weighted by Gasteiger charge is -2.07. The summed E-state index contributed by atoms with van der Waals surface area (Å²) in [5.41, 5.74) is 1.18. The number of carbonyl (C=O) groups is 1. The molecule has 0 aliphatic heterocycles. The number of amides is 1. The van der Waals surface area contributed by atoms with Gasteiger partial charge in [0.2, 0.25) is 0 Å². The fourth-order valence-electron chi connectivity index (χ4n) is 1.69. The van der Waals surface area contributed by atoms with Crippen molar-refractivity contribution in [1.82, 2.24) is 5.32 Å². The lowest BCUT2D eigenvalue weighted by molar-refractivity contribution is -0.0498. The molecule has 4 nitrogen and oxygen atoms in total. The van der Waals surface area contributed by atoms with Gasteiger partial charge in [-0.05, 0) is 42.0 Å². The number of hydrogen-bond donors (Lipinski definition) is 2. The largest absolute Gasteiger partial charge is 0.508 e. The molecule has 2 rings (SSSR count). The molecule has 0 heterocycles. The number of alkyl halides is 2. The highest BCUT2D eigenvalue weighted by atomic mass is 19.3. The summed E-state index contributed by atoms with van der Waals surface area (Å²) in [4.78, 5) is 11.9. The van der Waals surface area contributed by atoms with Crippen molar-refractivity contribution >= 4 is 5.91 Å². The number of phenolic OH excluding ortho intramolecular Hbond substituents is 1. The zero-order chi connectivity index (χ0) is 15.2. The number of phenols is 1. The summed E-state index contributed by atoms with van der Waals surface area (Å²) in [5, 5.41) is 11.8. The molecular weight excluding hydrogens is 280 g/mol. The molecule has 6 heteroatoms. The van der Waals surface area contributed by atoms with Crippen molar-refractivity contribution in [3.8, 4) is 11.5 Å². The van der Waals surface area contributed by atoms with E-state index in [-0.39, 0.29) is 17.4 Å². The quantitative estimate of drug-likeness (QED) is 0.891. The van der Waals surface area contributed by atoms with Crippen LogP contribution in [0.25, 0.3) is 0 Å². The SMILES string of the molecule is O=C(NCc1ccc(O)cc1)c1ccc(OC(F)F)cc1. The predicted octanol–water partition coefficient (Wildman–Crippen LogP) is 2.92. The number of benzene rings is 2. The van der Waals surface area contributed by atoms with Gasteiger partial charge in [-0.15, -0.1) is 0 Å². The first-order valence-electron chi connectivity index (χ1n) is 6.15. The number of carbonyl (C=O) groups excluding carboxylic acids is 1. The van der Waals surface area contributed by atoms with E-state index in [1.807, 2.05) is 0 Å². The van der Waals surface area contributed by atoms with Crippen LogP contribution in [-0.4, -0.2) is 17.6 Å². The summed E-state index contributed by atoms with van der Waals surface area (Å²) in [6.07, 6.45) is 0. The molecule has 2 N–H and O–H groups in total. The van der Waals surface area contributed by atoms with Gasteiger partial charge in [0.15, 0.2) is 0 Å². The second-order valence-electron chi connectivity index (χ2n) is 4.25. The first-order chi connectivity index (χ1) is 10.0. The van der Waals surface area contributed by atoms with E-state index in [1.54, 1.807) is 12.1 Å². The summed E-state index contributed by atoms with van der Waals surface area (Å²) in [7, 11) is 0. The van der Waals surface area contributed by atoms with Crippen LogP contribution < -0.4 is 10.1 Å². The van der Waals surface area contributed by atoms with Gasteiger partial charge in [0.25, 0.3) is 5.91 Å². The molecule has 0 aromatic heterocycles. The number of halogens is 2. The molecule has 0 radical (unpaired) electrons. The van der Waals surface area contributed by atoms with Crippen molar-refractivity contribution in [2.75, 3.05) is 0 Å². The topological polar surface area (TPSA) is 58.6 Å². The van der Waals surface area contributed by atoms with Crippen molar-refractivity contribution in [3.05, 3.63) is 59.7 Å². The normalized spacial score (nSPS) is 10.4. The smallest absolute Gasteiger partial charge is 0.387 e. The Hall–Kier alpha value is -2.63. The van der Waals surface area contributed by atoms with E-state index in [1.165, 1.54) is 36.4 Å². The Bertz CT molecular complexity index is 597. The average Bonchev–Trinajstić information content (AvgIpc) is 2.46. The van der Waals surface area contributed by atoms with Crippen LogP contribution in [0, 0.1) is 0 Å². The first kappa shape index (κ1) is 14.8. The monoisotopic (exact) mass is 293 g/mol. The molecule has 0 aliphatic rings. The second kappa shape index (κ2) is 6.69. The molecule has 0 unspecified atom stereocenters. The molecule has 2 aromatic rings. The zero-order valence-corrected chi connectivity index (χ0v) is 10.9. The molecule has 110 valence electrons. The Morgan fingerprint density at radius 3 is 2.29 bits per heavy atom. The predicted molar refractivity (Wildman–Crippen MR) is 72.4 cm³/mol. The zero-order valence-electron chi connectivity index (χ0n) is 10.9. The van der Waals surface area contributed by atoms with Gasteiger partial charge in [-0.25, -0.2) is 0 Å². The van der Waals surface area contributed by atoms with Gasteiger partial charge in [0.1, 0.15) is 11.5 Å². The third-order valence-electron chi connectivity index (χ3n) is 2.73. The minimum atomic E-state index is -2.89. The summed E-state index contributed by atoms with van der Waals surface area (Å²) >= 11 is 0. The average molecular weight is 293 g/mol. The molecule has 1 amide bonds. The Morgan fingerprint density at radius 1 is 1.10 bits per heavy atom. The Labute approximate surface area is 120 Å². The number of nitrogens with one attached hydrogen (secondary N) is 1. The molecule has 2 aromatic carbocycles. The Balaban J connectivity index is 1.92. The van der Waals surface area contributed by atoms with Crippen molar-refractivity contribution in [3.63, 3.8) is 0 Å². The van der Waals surface area contributed by atoms with E-state index in [0.717, 1.165) is 5.56 Å². The van der Waals surface area contributed by atoms with Crippen LogP contribution in [-0.2, 0) is 6.54 Å². The Morgan fingerprint density at radius 2 is 1.71 bits per heavy atom. The molecular formula is C15H13F2NO3. The number of aromatic hydroxyl groups is 1. The molecule has 0 fully saturated rings. The van der Waals surface area contributed by atoms with E-state index >= 15 is 0 Å². The van der Waals surface area contributed by atoms with Crippen LogP contribution in [0.1, 0.15) is 15.9 Å². The van der Waals surface area contributed by atoms with E-state index in [9.17, 15) is 13.6 Å². The highest BCUT2D eigenvalue weighted by molar-refractivity contribution is 5.94. The molecule has 0 bridgehead atoms. The minimum Gasteiger partial charge on any atom is -0.508 e. The fourth-order valence-corrected chi connectivity index (χ4v) is 1.69. The van der Waals surface area contributed by atoms with Crippen LogP contribution in [0.2, 0.25) is 0 Å². The van der Waals surface area contributed by atoms with Crippen molar-refractivity contribution in [2.45, 2.75) is 13.2 Å². The second-order valence-corrected chi connectivity index (χ2v) is 4.25. The van der Waals surface area contributed by atoms with Crippen LogP contribution >= 0.6 is 0 Å². The van der Waals surface area contributed by atoms with Gasteiger partial charge >= 0.3 is 6.61 Å². The van der Waals surface area contributed by atoms with Gasteiger partial charge in [0, 0.05) is 12.1 Å². The number of hydrogen-bond acceptors (Lipinski definition) is 3. The molecule has 0 saturated heterocycles. The van der Waals surface area contributed by atoms with Crippen molar-refractivity contribution in [1.29, 1.82) is 0 Å². The number of rotatable bonds is 5. The molecule has 0 aliphatic carbocycles. The highest BCUT2D eigenvalue weighted by Crippen LogP contribution is 2.15. The minimum absolute atomic E-state index is 0.0000783. The summed E-state index contributed by atoms with van der Waals surface area (Å²) in [6.45, 7) is -2.59. The van der Waals surface area contributed by atoms with Gasteiger partial charge < -0.3 is 15.2 Å². The standard InChI is InChI=1S/C15H13F2NO3/c16-15(17)21-13-7-3-11(4-8-13)14(20)18-9-10-1-5-12(19)6-2-10/h1-8,15,19H,9H2,(H,18,20). The van der Waals surface area contributed by atoms with Gasteiger partial charge in [-0.1, -0.05) is 12.1 Å². The van der Waals surface area contributed by atoms with Gasteiger partial charge in [-0.3, -0.25) is 4.79 Å². The van der Waals surface area contributed by atoms with Crippen molar-refractivity contribution in [2.24, 2.45) is 0 Å². The molecule has 0 saturated carbocycles. The third-order valence-corrected chi connectivity index (χ3v) is 2.73. The Kier molecular flexibility index (Phi) is 4.71. The summed E-state index contributed by atoms with van der Waals surface area (Å²) < 4.78 is 28.2. The summed E-state index contributed by atoms with van der Waals surface area (Å²) in [5.74, 6) is -0.175. The lowest BCUT2D eigenvalue weighted by Crippen LogP contribution is -2.22. The van der Waals surface area contributed by atoms with E-state index < -0.39 is 6.61 Å². The maximum atomic E-state index is 12.0.